The van der Waals surface area contributed by atoms with Crippen LogP contribution >= 0.6 is 0 Å². The average Bonchev–Trinajstić information content (AvgIpc) is 2.66. The van der Waals surface area contributed by atoms with Crippen molar-refractivity contribution in [3.05, 3.63) is 29.8 Å². The Hall–Kier alpha value is -1.55. The zero-order valence-corrected chi connectivity index (χ0v) is 17.6. The zero-order valence-electron chi connectivity index (χ0n) is 17.6. The number of benzene rings is 1. The largest absolute Gasteiger partial charge is 0.494 e. The molecule has 2 unspecified atom stereocenters. The third kappa shape index (κ3) is 6.64. The van der Waals surface area contributed by atoms with Gasteiger partial charge in [-0.3, -0.25) is 0 Å². The molecule has 0 bridgehead atoms. The van der Waals surface area contributed by atoms with Crippen molar-refractivity contribution in [1.82, 2.24) is 0 Å². The Morgan fingerprint density at radius 1 is 1.00 bits per heavy atom. The van der Waals surface area contributed by atoms with Gasteiger partial charge in [0.25, 0.3) is 0 Å². The van der Waals surface area contributed by atoms with Crippen molar-refractivity contribution in [2.24, 2.45) is 5.92 Å². The van der Waals surface area contributed by atoms with Crippen LogP contribution in [0, 0.1) is 5.92 Å². The molecule has 4 nitrogen and oxygen atoms in total. The lowest BCUT2D eigenvalue weighted by Crippen LogP contribution is -2.51. The third-order valence-corrected chi connectivity index (χ3v) is 5.64. The highest BCUT2D eigenvalue weighted by Crippen LogP contribution is 2.18. The zero-order chi connectivity index (χ0) is 19.6. The lowest BCUT2D eigenvalue weighted by molar-refractivity contribution is -0.926. The molecule has 0 fully saturated rings. The summed E-state index contributed by atoms with van der Waals surface area (Å²) in [5.41, 5.74) is 0.578. The van der Waals surface area contributed by atoms with Crippen LogP contribution in [-0.4, -0.2) is 49.3 Å². The Bertz CT molecular complexity index is 514. The van der Waals surface area contributed by atoms with E-state index in [1.807, 2.05) is 19.1 Å². The first kappa shape index (κ1) is 22.5. The SMILES string of the molecule is CCCCOc1ccc(C(=O)OC(C)C(C)C[N+](CC)(CC)CC)cc1. The first-order chi connectivity index (χ1) is 12.4. The van der Waals surface area contributed by atoms with E-state index in [1.54, 1.807) is 12.1 Å². The van der Waals surface area contributed by atoms with E-state index < -0.39 is 0 Å². The molecule has 0 heterocycles. The van der Waals surface area contributed by atoms with E-state index in [0.29, 0.717) is 18.1 Å². The molecular formula is C22H38NO3+. The Morgan fingerprint density at radius 2 is 1.58 bits per heavy atom. The summed E-state index contributed by atoms with van der Waals surface area (Å²) >= 11 is 0. The number of quaternary nitrogens is 1. The van der Waals surface area contributed by atoms with Crippen molar-refractivity contribution in [3.63, 3.8) is 0 Å². The molecule has 0 aromatic heterocycles. The molecule has 1 rings (SSSR count). The quantitative estimate of drug-likeness (QED) is 0.300. The fraction of sp³-hybridized carbons (Fsp3) is 0.682. The summed E-state index contributed by atoms with van der Waals surface area (Å²) in [7, 11) is 0. The minimum Gasteiger partial charge on any atom is -0.494 e. The second-order valence-corrected chi connectivity index (χ2v) is 7.29. The number of hydrogen-bond acceptors (Lipinski definition) is 3. The fourth-order valence-electron chi connectivity index (χ4n) is 3.19. The number of carbonyl (C=O) groups excluding carboxylic acids is 1. The van der Waals surface area contributed by atoms with Crippen LogP contribution in [0.3, 0.4) is 0 Å². The van der Waals surface area contributed by atoms with E-state index >= 15 is 0 Å². The van der Waals surface area contributed by atoms with E-state index in [4.69, 9.17) is 9.47 Å². The van der Waals surface area contributed by atoms with Crippen molar-refractivity contribution in [2.45, 2.75) is 60.5 Å². The number of esters is 1. The Balaban J connectivity index is 2.60. The van der Waals surface area contributed by atoms with Crippen molar-refractivity contribution in [2.75, 3.05) is 32.8 Å². The van der Waals surface area contributed by atoms with Crippen molar-refractivity contribution in [1.29, 1.82) is 0 Å². The van der Waals surface area contributed by atoms with Gasteiger partial charge < -0.3 is 14.0 Å². The number of rotatable bonds is 12. The van der Waals surface area contributed by atoms with Crippen LogP contribution in [0.2, 0.25) is 0 Å². The molecule has 0 radical (unpaired) electrons. The number of carbonyl (C=O) groups is 1. The van der Waals surface area contributed by atoms with Crippen LogP contribution in [0.15, 0.2) is 24.3 Å². The van der Waals surface area contributed by atoms with Crippen LogP contribution in [0.25, 0.3) is 0 Å². The molecule has 4 heteroatoms. The van der Waals surface area contributed by atoms with Gasteiger partial charge >= 0.3 is 5.97 Å². The summed E-state index contributed by atoms with van der Waals surface area (Å²) in [5, 5.41) is 0. The molecule has 2 atom stereocenters. The number of hydrogen-bond donors (Lipinski definition) is 0. The highest BCUT2D eigenvalue weighted by Gasteiger charge is 2.28. The van der Waals surface area contributed by atoms with Gasteiger partial charge in [0.15, 0.2) is 0 Å². The van der Waals surface area contributed by atoms with Crippen LogP contribution in [0.4, 0.5) is 0 Å². The van der Waals surface area contributed by atoms with Crippen molar-refractivity contribution < 1.29 is 18.8 Å². The number of unbranched alkanes of at least 4 members (excludes halogenated alkanes) is 1. The van der Waals surface area contributed by atoms with Gasteiger partial charge in [0.05, 0.1) is 38.3 Å². The van der Waals surface area contributed by atoms with Crippen LogP contribution in [-0.2, 0) is 4.74 Å². The van der Waals surface area contributed by atoms with Gasteiger partial charge in [-0.1, -0.05) is 20.3 Å². The summed E-state index contributed by atoms with van der Waals surface area (Å²) < 4.78 is 12.4. The molecule has 1 aromatic carbocycles. The second-order valence-electron chi connectivity index (χ2n) is 7.29. The van der Waals surface area contributed by atoms with E-state index in [9.17, 15) is 4.79 Å². The topological polar surface area (TPSA) is 35.5 Å². The first-order valence-electron chi connectivity index (χ1n) is 10.2. The van der Waals surface area contributed by atoms with Gasteiger partial charge in [0, 0.05) is 5.92 Å². The second kappa shape index (κ2) is 11.2. The maximum atomic E-state index is 12.4. The molecule has 0 N–H and O–H groups in total. The Labute approximate surface area is 160 Å². The average molecular weight is 365 g/mol. The molecule has 0 spiro atoms. The molecular weight excluding hydrogens is 326 g/mol. The van der Waals surface area contributed by atoms with Gasteiger partial charge in [-0.15, -0.1) is 0 Å². The molecule has 148 valence electrons. The predicted octanol–water partition coefficient (Wildman–Crippen LogP) is 4.92. The molecule has 0 saturated heterocycles. The molecule has 0 aliphatic carbocycles. The monoisotopic (exact) mass is 364 g/mol. The van der Waals surface area contributed by atoms with E-state index in [2.05, 4.69) is 34.6 Å². The van der Waals surface area contributed by atoms with Crippen molar-refractivity contribution in [3.8, 4) is 5.75 Å². The lowest BCUT2D eigenvalue weighted by Gasteiger charge is -2.39. The summed E-state index contributed by atoms with van der Waals surface area (Å²) in [6.45, 7) is 18.1. The molecule has 0 aliphatic rings. The molecule has 0 amide bonds. The van der Waals surface area contributed by atoms with Gasteiger partial charge in [-0.2, -0.15) is 0 Å². The van der Waals surface area contributed by atoms with Crippen LogP contribution in [0.1, 0.15) is 64.7 Å². The minimum absolute atomic E-state index is 0.106. The molecule has 0 saturated carbocycles. The smallest absolute Gasteiger partial charge is 0.338 e. The fourth-order valence-corrected chi connectivity index (χ4v) is 3.19. The summed E-state index contributed by atoms with van der Waals surface area (Å²) in [4.78, 5) is 12.4. The highest BCUT2D eigenvalue weighted by molar-refractivity contribution is 5.89. The van der Waals surface area contributed by atoms with E-state index in [1.165, 1.54) is 0 Å². The highest BCUT2D eigenvalue weighted by atomic mass is 16.5. The van der Waals surface area contributed by atoms with E-state index in [-0.39, 0.29) is 12.1 Å². The minimum atomic E-state index is -0.257. The summed E-state index contributed by atoms with van der Waals surface area (Å²) in [5.74, 6) is 0.856. The van der Waals surface area contributed by atoms with Crippen LogP contribution in [0.5, 0.6) is 5.75 Å². The predicted molar refractivity (Wildman–Crippen MR) is 108 cm³/mol. The van der Waals surface area contributed by atoms with Gasteiger partial charge in [-0.25, -0.2) is 4.79 Å². The summed E-state index contributed by atoms with van der Waals surface area (Å²) in [6.07, 6.45) is 2.03. The first-order valence-corrected chi connectivity index (χ1v) is 10.2. The number of nitrogens with zero attached hydrogens (tertiary/aromatic N) is 1. The molecule has 26 heavy (non-hydrogen) atoms. The van der Waals surface area contributed by atoms with Gasteiger partial charge in [-0.05, 0) is 58.4 Å². The van der Waals surface area contributed by atoms with Crippen LogP contribution < -0.4 is 4.74 Å². The Kier molecular flexibility index (Phi) is 9.71. The molecule has 0 aliphatic heterocycles. The maximum Gasteiger partial charge on any atom is 0.338 e. The van der Waals surface area contributed by atoms with E-state index in [0.717, 1.165) is 49.3 Å². The third-order valence-electron chi connectivity index (χ3n) is 5.64. The van der Waals surface area contributed by atoms with Gasteiger partial charge in [0.2, 0.25) is 0 Å². The number of ether oxygens (including phenoxy) is 2. The van der Waals surface area contributed by atoms with Gasteiger partial charge in [0.1, 0.15) is 11.9 Å². The lowest BCUT2D eigenvalue weighted by atomic mass is 10.0. The Morgan fingerprint density at radius 3 is 2.08 bits per heavy atom. The maximum absolute atomic E-state index is 12.4. The standard InChI is InChI=1S/C22H38NO3/c1-7-11-16-25-21-14-12-20(13-15-21)22(24)26-19(6)18(5)17-23(8-2,9-3)10-4/h12-15,18-19H,7-11,16-17H2,1-6H3/q+1. The normalized spacial score (nSPS) is 13.9. The van der Waals surface area contributed by atoms with Crippen molar-refractivity contribution >= 4 is 5.97 Å². The molecule has 1 aromatic rings. The summed E-state index contributed by atoms with van der Waals surface area (Å²) in [6, 6.07) is 7.25.